The summed E-state index contributed by atoms with van der Waals surface area (Å²) in [7, 11) is 1.73. The molecule has 2 N–H and O–H groups in total. The first-order chi connectivity index (χ1) is 12.7. The lowest BCUT2D eigenvalue weighted by Crippen LogP contribution is -2.37. The average Bonchev–Trinajstić information content (AvgIpc) is 2.96. The van der Waals surface area contributed by atoms with Crippen LogP contribution in [0.3, 0.4) is 0 Å². The molecule has 1 aromatic heterocycles. The predicted octanol–water partition coefficient (Wildman–Crippen LogP) is 3.24. The van der Waals surface area contributed by atoms with Crippen molar-refractivity contribution >= 4 is 17.0 Å². The highest BCUT2D eigenvalue weighted by molar-refractivity contribution is 5.79. The molecule has 0 amide bonds. The van der Waals surface area contributed by atoms with E-state index in [2.05, 4.69) is 31.2 Å². The standard InChI is InChI=1S/C20H24FN5/c1-15-25-18-9-3-4-10-19(18)26(15)12-6-11-23-20(22-2)24-14-16-7-5-8-17(21)13-16/h3-5,7-10,13H,6,11-12,14H2,1-2H3,(H2,22,23,24). The third kappa shape index (κ3) is 4.39. The Morgan fingerprint density at radius 3 is 2.81 bits per heavy atom. The molecule has 3 rings (SSSR count). The lowest BCUT2D eigenvalue weighted by Gasteiger charge is -2.13. The van der Waals surface area contributed by atoms with Gasteiger partial charge in [0.15, 0.2) is 5.96 Å². The maximum Gasteiger partial charge on any atom is 0.191 e. The van der Waals surface area contributed by atoms with Crippen molar-refractivity contribution in [2.75, 3.05) is 13.6 Å². The molecular formula is C20H24FN5. The molecule has 0 unspecified atom stereocenters. The molecule has 1 heterocycles. The summed E-state index contributed by atoms with van der Waals surface area (Å²) in [5.74, 6) is 1.51. The minimum atomic E-state index is -0.227. The van der Waals surface area contributed by atoms with Crippen LogP contribution in [0.2, 0.25) is 0 Å². The summed E-state index contributed by atoms with van der Waals surface area (Å²) in [6.07, 6.45) is 0.946. The van der Waals surface area contributed by atoms with E-state index in [1.807, 2.05) is 31.2 Å². The maximum absolute atomic E-state index is 13.2. The van der Waals surface area contributed by atoms with E-state index in [4.69, 9.17) is 0 Å². The van der Waals surface area contributed by atoms with Gasteiger partial charge in [-0.25, -0.2) is 9.37 Å². The Morgan fingerprint density at radius 1 is 1.15 bits per heavy atom. The number of benzene rings is 2. The molecule has 0 aliphatic heterocycles. The van der Waals surface area contributed by atoms with Crippen molar-refractivity contribution in [3.05, 3.63) is 65.7 Å². The van der Waals surface area contributed by atoms with Crippen molar-refractivity contribution in [2.24, 2.45) is 4.99 Å². The number of guanidine groups is 1. The second kappa shape index (κ2) is 8.47. The molecule has 26 heavy (non-hydrogen) atoms. The molecule has 3 aromatic rings. The molecule has 136 valence electrons. The maximum atomic E-state index is 13.2. The van der Waals surface area contributed by atoms with Gasteiger partial charge in [-0.15, -0.1) is 0 Å². The quantitative estimate of drug-likeness (QED) is 0.406. The number of halogens is 1. The largest absolute Gasteiger partial charge is 0.356 e. The van der Waals surface area contributed by atoms with Gasteiger partial charge in [0, 0.05) is 26.7 Å². The van der Waals surface area contributed by atoms with E-state index in [1.54, 1.807) is 13.1 Å². The average molecular weight is 353 g/mol. The summed E-state index contributed by atoms with van der Waals surface area (Å²) >= 11 is 0. The highest BCUT2D eigenvalue weighted by Crippen LogP contribution is 2.15. The van der Waals surface area contributed by atoms with Gasteiger partial charge in [-0.2, -0.15) is 0 Å². The zero-order valence-electron chi connectivity index (χ0n) is 15.2. The van der Waals surface area contributed by atoms with E-state index in [0.29, 0.717) is 12.5 Å². The topological polar surface area (TPSA) is 54.2 Å². The Morgan fingerprint density at radius 2 is 2.00 bits per heavy atom. The highest BCUT2D eigenvalue weighted by Gasteiger charge is 2.06. The minimum absolute atomic E-state index is 0.227. The van der Waals surface area contributed by atoms with Crippen molar-refractivity contribution in [3.8, 4) is 0 Å². The van der Waals surface area contributed by atoms with Gasteiger partial charge in [0.05, 0.1) is 11.0 Å². The number of aliphatic imine (C=N–C) groups is 1. The molecule has 0 aliphatic rings. The first kappa shape index (κ1) is 17.9. The molecule has 0 saturated carbocycles. The van der Waals surface area contributed by atoms with E-state index >= 15 is 0 Å². The van der Waals surface area contributed by atoms with Gasteiger partial charge in [0.1, 0.15) is 11.6 Å². The van der Waals surface area contributed by atoms with Gasteiger partial charge in [-0.1, -0.05) is 24.3 Å². The lowest BCUT2D eigenvalue weighted by atomic mass is 10.2. The van der Waals surface area contributed by atoms with Crippen LogP contribution >= 0.6 is 0 Å². The molecular weight excluding hydrogens is 329 g/mol. The fourth-order valence-electron chi connectivity index (χ4n) is 2.98. The van der Waals surface area contributed by atoms with Crippen LogP contribution < -0.4 is 10.6 Å². The molecule has 0 spiro atoms. The van der Waals surface area contributed by atoms with Gasteiger partial charge >= 0.3 is 0 Å². The van der Waals surface area contributed by atoms with Gasteiger partial charge in [-0.3, -0.25) is 4.99 Å². The summed E-state index contributed by atoms with van der Waals surface area (Å²) in [5, 5.41) is 6.50. The summed E-state index contributed by atoms with van der Waals surface area (Å²) < 4.78 is 15.5. The van der Waals surface area contributed by atoms with Crippen molar-refractivity contribution < 1.29 is 4.39 Å². The van der Waals surface area contributed by atoms with Gasteiger partial charge in [-0.05, 0) is 43.2 Å². The fourth-order valence-corrected chi connectivity index (χ4v) is 2.98. The predicted molar refractivity (Wildman–Crippen MR) is 104 cm³/mol. The SMILES string of the molecule is CN=C(NCCCn1c(C)nc2ccccc21)NCc1cccc(F)c1. The second-order valence-electron chi connectivity index (χ2n) is 6.14. The van der Waals surface area contributed by atoms with Crippen LogP contribution in [0.5, 0.6) is 0 Å². The number of para-hydroxylation sites is 2. The summed E-state index contributed by atoms with van der Waals surface area (Å²) in [6, 6.07) is 14.7. The van der Waals surface area contributed by atoms with Crippen LogP contribution in [0.15, 0.2) is 53.5 Å². The number of hydrogen-bond donors (Lipinski definition) is 2. The molecule has 2 aromatic carbocycles. The van der Waals surface area contributed by atoms with Crippen LogP contribution in [-0.4, -0.2) is 29.1 Å². The zero-order valence-corrected chi connectivity index (χ0v) is 15.2. The first-order valence-corrected chi connectivity index (χ1v) is 8.78. The Kier molecular flexibility index (Phi) is 5.84. The molecule has 0 fully saturated rings. The van der Waals surface area contributed by atoms with Gasteiger partial charge in [0.2, 0.25) is 0 Å². The van der Waals surface area contributed by atoms with Crippen molar-refractivity contribution in [1.29, 1.82) is 0 Å². The summed E-state index contributed by atoms with van der Waals surface area (Å²) in [4.78, 5) is 8.80. The summed E-state index contributed by atoms with van der Waals surface area (Å²) in [5.41, 5.74) is 3.08. The molecule has 0 radical (unpaired) electrons. The first-order valence-electron chi connectivity index (χ1n) is 8.78. The molecule has 5 nitrogen and oxygen atoms in total. The zero-order chi connectivity index (χ0) is 18.4. The van der Waals surface area contributed by atoms with Crippen molar-refractivity contribution in [3.63, 3.8) is 0 Å². The smallest absolute Gasteiger partial charge is 0.191 e. The lowest BCUT2D eigenvalue weighted by molar-refractivity contribution is 0.620. The Bertz CT molecular complexity index is 900. The third-order valence-electron chi connectivity index (χ3n) is 4.27. The van der Waals surface area contributed by atoms with Crippen molar-refractivity contribution in [1.82, 2.24) is 20.2 Å². The molecule has 0 aliphatic carbocycles. The van der Waals surface area contributed by atoms with E-state index in [9.17, 15) is 4.39 Å². The number of fused-ring (bicyclic) bond motifs is 1. The Balaban J connectivity index is 1.48. The number of rotatable bonds is 6. The van der Waals surface area contributed by atoms with E-state index < -0.39 is 0 Å². The summed E-state index contributed by atoms with van der Waals surface area (Å²) in [6.45, 7) is 4.24. The fraction of sp³-hybridized carbons (Fsp3) is 0.300. The van der Waals surface area contributed by atoms with Crippen LogP contribution in [-0.2, 0) is 13.1 Å². The third-order valence-corrected chi connectivity index (χ3v) is 4.27. The van der Waals surface area contributed by atoms with Crippen LogP contribution in [0.4, 0.5) is 4.39 Å². The monoisotopic (exact) mass is 353 g/mol. The van der Waals surface area contributed by atoms with Crippen molar-refractivity contribution in [2.45, 2.75) is 26.4 Å². The molecule has 0 saturated heterocycles. The molecule has 0 bridgehead atoms. The normalized spacial score (nSPS) is 11.7. The van der Waals surface area contributed by atoms with Gasteiger partial charge < -0.3 is 15.2 Å². The number of nitrogens with zero attached hydrogens (tertiary/aromatic N) is 3. The van der Waals surface area contributed by atoms with E-state index in [1.165, 1.54) is 17.6 Å². The number of nitrogens with one attached hydrogen (secondary N) is 2. The van der Waals surface area contributed by atoms with Gasteiger partial charge in [0.25, 0.3) is 0 Å². The van der Waals surface area contributed by atoms with Crippen LogP contribution in [0.25, 0.3) is 11.0 Å². The van der Waals surface area contributed by atoms with Crippen LogP contribution in [0, 0.1) is 12.7 Å². The minimum Gasteiger partial charge on any atom is -0.356 e. The molecule has 6 heteroatoms. The Labute approximate surface area is 153 Å². The highest BCUT2D eigenvalue weighted by atomic mass is 19.1. The molecule has 0 atom stereocenters. The number of imidazole rings is 1. The Hall–Kier alpha value is -2.89. The second-order valence-corrected chi connectivity index (χ2v) is 6.14. The van der Waals surface area contributed by atoms with E-state index in [-0.39, 0.29) is 5.82 Å². The van der Waals surface area contributed by atoms with Crippen LogP contribution in [0.1, 0.15) is 17.8 Å². The van der Waals surface area contributed by atoms with E-state index in [0.717, 1.165) is 36.4 Å². The number of hydrogen-bond acceptors (Lipinski definition) is 2. The number of aromatic nitrogens is 2. The number of aryl methyl sites for hydroxylation is 2.